The number of fused-ring (bicyclic) bond motifs is 5. The fourth-order valence-corrected chi connectivity index (χ4v) is 6.53. The van der Waals surface area contributed by atoms with Crippen LogP contribution in [0.5, 0.6) is 0 Å². The average molecular weight is 492 g/mol. The Morgan fingerprint density at radius 2 is 1.97 bits per heavy atom. The minimum Gasteiger partial charge on any atom is -0.355 e. The Kier molecular flexibility index (Phi) is 5.99. The SMILES string of the molecule is COC(CSc1nnc2n(-c3ccc(Cl)cc3)c(=O)c3c4c(sc3n12)CN(C)CC4)OC. The molecule has 0 aliphatic carbocycles. The van der Waals surface area contributed by atoms with Gasteiger partial charge in [-0.15, -0.1) is 21.5 Å². The first-order valence-electron chi connectivity index (χ1n) is 10.1. The molecule has 0 atom stereocenters. The van der Waals surface area contributed by atoms with Crippen molar-refractivity contribution in [1.82, 2.24) is 24.1 Å². The number of ether oxygens (including phenoxy) is 2. The number of thioether (sulfide) groups is 1. The first-order chi connectivity index (χ1) is 15.5. The summed E-state index contributed by atoms with van der Waals surface area (Å²) in [5.41, 5.74) is 1.76. The van der Waals surface area contributed by atoms with Gasteiger partial charge in [-0.2, -0.15) is 0 Å². The highest BCUT2D eigenvalue weighted by molar-refractivity contribution is 7.99. The van der Waals surface area contributed by atoms with E-state index < -0.39 is 0 Å². The molecule has 0 bridgehead atoms. The third-order valence-corrected chi connectivity index (χ3v) is 8.04. The van der Waals surface area contributed by atoms with Crippen LogP contribution < -0.4 is 5.56 Å². The maximum absolute atomic E-state index is 13.8. The van der Waals surface area contributed by atoms with Gasteiger partial charge in [0, 0.05) is 37.2 Å². The van der Waals surface area contributed by atoms with E-state index in [1.165, 1.54) is 16.6 Å². The molecule has 0 amide bonds. The van der Waals surface area contributed by atoms with Gasteiger partial charge >= 0.3 is 0 Å². The first-order valence-corrected chi connectivity index (χ1v) is 12.3. The normalized spacial score (nSPS) is 14.7. The lowest BCUT2D eigenvalue weighted by Crippen LogP contribution is -2.27. The van der Waals surface area contributed by atoms with Crippen LogP contribution in [0.15, 0.2) is 34.2 Å². The molecular weight excluding hydrogens is 470 g/mol. The largest absolute Gasteiger partial charge is 0.355 e. The zero-order chi connectivity index (χ0) is 22.4. The second kappa shape index (κ2) is 8.77. The van der Waals surface area contributed by atoms with Gasteiger partial charge in [0.25, 0.3) is 5.56 Å². The molecule has 0 saturated carbocycles. The van der Waals surface area contributed by atoms with Gasteiger partial charge in [0.05, 0.1) is 16.8 Å². The Hall–Kier alpha value is -1.95. The van der Waals surface area contributed by atoms with Crippen molar-refractivity contribution in [3.05, 3.63) is 50.1 Å². The van der Waals surface area contributed by atoms with Crippen molar-refractivity contribution in [3.63, 3.8) is 0 Å². The van der Waals surface area contributed by atoms with Gasteiger partial charge in [0.1, 0.15) is 4.83 Å². The van der Waals surface area contributed by atoms with E-state index in [1.54, 1.807) is 42.3 Å². The summed E-state index contributed by atoms with van der Waals surface area (Å²) in [4.78, 5) is 18.2. The van der Waals surface area contributed by atoms with Crippen molar-refractivity contribution < 1.29 is 9.47 Å². The van der Waals surface area contributed by atoms with Crippen LogP contribution in [0.1, 0.15) is 10.4 Å². The Bertz CT molecular complexity index is 1340. The standard InChI is InChI=1S/C21H22ClN5O3S2/c1-25-9-8-14-15(10-25)32-19-17(14)18(28)26(13-6-4-12(22)5-7-13)20-23-24-21(27(19)20)31-11-16(29-2)30-3/h4-7,16H,8-11H2,1-3H3. The number of aromatic nitrogens is 4. The fraction of sp³-hybridized carbons (Fsp3) is 0.381. The molecule has 1 aliphatic rings. The fourth-order valence-electron chi connectivity index (χ4n) is 3.97. The van der Waals surface area contributed by atoms with Crippen LogP contribution in [0, 0.1) is 0 Å². The molecule has 32 heavy (non-hydrogen) atoms. The van der Waals surface area contributed by atoms with E-state index in [0.717, 1.165) is 35.3 Å². The maximum atomic E-state index is 13.8. The van der Waals surface area contributed by atoms with E-state index in [4.69, 9.17) is 21.1 Å². The average Bonchev–Trinajstić information content (AvgIpc) is 3.37. The summed E-state index contributed by atoms with van der Waals surface area (Å²) in [5.74, 6) is 1.02. The third kappa shape index (κ3) is 3.64. The number of halogens is 1. The van der Waals surface area contributed by atoms with Crippen LogP contribution >= 0.6 is 34.7 Å². The van der Waals surface area contributed by atoms with Crippen LogP contribution in [-0.2, 0) is 22.4 Å². The molecule has 8 nitrogen and oxygen atoms in total. The van der Waals surface area contributed by atoms with Crippen LogP contribution in [-0.4, -0.2) is 63.9 Å². The second-order valence-electron chi connectivity index (χ2n) is 7.62. The molecule has 0 saturated heterocycles. The lowest BCUT2D eigenvalue weighted by Gasteiger charge is -2.21. The molecule has 4 aromatic rings. The van der Waals surface area contributed by atoms with Gasteiger partial charge in [-0.05, 0) is 43.3 Å². The van der Waals surface area contributed by atoms with Gasteiger partial charge in [0.15, 0.2) is 11.4 Å². The Labute approximate surface area is 197 Å². The number of benzene rings is 1. The van der Waals surface area contributed by atoms with Crippen LogP contribution in [0.4, 0.5) is 0 Å². The lowest BCUT2D eigenvalue weighted by molar-refractivity contribution is -0.0842. The Balaban J connectivity index is 1.78. The number of thiophene rings is 1. The number of methoxy groups -OCH3 is 2. The number of likely N-dealkylation sites (N-methyl/N-ethyl adjacent to an activating group) is 1. The molecule has 0 radical (unpaired) electrons. The highest BCUT2D eigenvalue weighted by atomic mass is 35.5. The molecule has 168 valence electrons. The minimum atomic E-state index is -0.366. The van der Waals surface area contributed by atoms with E-state index in [-0.39, 0.29) is 11.8 Å². The van der Waals surface area contributed by atoms with Crippen LogP contribution in [0.2, 0.25) is 5.02 Å². The third-order valence-electron chi connectivity index (χ3n) is 5.62. The second-order valence-corrected chi connectivity index (χ2v) is 10.1. The zero-order valence-electron chi connectivity index (χ0n) is 17.9. The summed E-state index contributed by atoms with van der Waals surface area (Å²) in [5, 5.41) is 10.9. The molecule has 0 spiro atoms. The molecule has 0 unspecified atom stereocenters. The predicted molar refractivity (Wildman–Crippen MR) is 128 cm³/mol. The Morgan fingerprint density at radius 1 is 1.22 bits per heavy atom. The van der Waals surface area contributed by atoms with Crippen molar-refractivity contribution in [3.8, 4) is 5.69 Å². The summed E-state index contributed by atoms with van der Waals surface area (Å²) < 4.78 is 14.3. The van der Waals surface area contributed by atoms with Crippen molar-refractivity contribution in [2.24, 2.45) is 0 Å². The monoisotopic (exact) mass is 491 g/mol. The topological polar surface area (TPSA) is 73.9 Å². The van der Waals surface area contributed by atoms with Crippen LogP contribution in [0.25, 0.3) is 21.7 Å². The molecule has 11 heteroatoms. The van der Waals surface area contributed by atoms with Gasteiger partial charge < -0.3 is 14.4 Å². The number of hydrogen-bond acceptors (Lipinski definition) is 8. The predicted octanol–water partition coefficient (Wildman–Crippen LogP) is 3.45. The molecule has 0 fully saturated rings. The smallest absolute Gasteiger partial charge is 0.268 e. The number of hydrogen-bond donors (Lipinski definition) is 0. The van der Waals surface area contributed by atoms with E-state index in [2.05, 4.69) is 22.1 Å². The molecule has 1 aromatic carbocycles. The van der Waals surface area contributed by atoms with Gasteiger partial charge in [0.2, 0.25) is 5.78 Å². The summed E-state index contributed by atoms with van der Waals surface area (Å²) in [7, 11) is 5.32. The van der Waals surface area contributed by atoms with Crippen molar-refractivity contribution in [1.29, 1.82) is 0 Å². The summed E-state index contributed by atoms with van der Waals surface area (Å²) in [6.45, 7) is 1.75. The number of nitrogens with zero attached hydrogens (tertiary/aromatic N) is 5. The molecule has 0 N–H and O–H groups in total. The van der Waals surface area contributed by atoms with Crippen molar-refractivity contribution in [2.45, 2.75) is 24.4 Å². The van der Waals surface area contributed by atoms with E-state index >= 15 is 0 Å². The molecule has 4 heterocycles. The molecular formula is C21H22ClN5O3S2. The lowest BCUT2D eigenvalue weighted by atomic mass is 10.1. The zero-order valence-corrected chi connectivity index (χ0v) is 20.3. The van der Waals surface area contributed by atoms with Crippen molar-refractivity contribution >= 4 is 50.7 Å². The van der Waals surface area contributed by atoms with E-state index in [1.807, 2.05) is 16.5 Å². The van der Waals surface area contributed by atoms with Crippen molar-refractivity contribution in [2.75, 3.05) is 33.6 Å². The maximum Gasteiger partial charge on any atom is 0.268 e. The van der Waals surface area contributed by atoms with E-state index in [9.17, 15) is 4.79 Å². The number of rotatable bonds is 6. The highest BCUT2D eigenvalue weighted by Crippen LogP contribution is 2.35. The summed E-state index contributed by atoms with van der Waals surface area (Å²) in [6.07, 6.45) is 0.475. The highest BCUT2D eigenvalue weighted by Gasteiger charge is 2.27. The van der Waals surface area contributed by atoms with Crippen LogP contribution in [0.3, 0.4) is 0 Å². The minimum absolute atomic E-state index is 0.0764. The van der Waals surface area contributed by atoms with Gasteiger partial charge in [-0.3, -0.25) is 4.79 Å². The summed E-state index contributed by atoms with van der Waals surface area (Å²) in [6, 6.07) is 7.21. The van der Waals surface area contributed by atoms with Gasteiger partial charge in [-0.1, -0.05) is 23.4 Å². The van der Waals surface area contributed by atoms with E-state index in [0.29, 0.717) is 27.4 Å². The van der Waals surface area contributed by atoms with Gasteiger partial charge in [-0.25, -0.2) is 8.97 Å². The quantitative estimate of drug-likeness (QED) is 0.302. The summed E-state index contributed by atoms with van der Waals surface area (Å²) >= 11 is 9.23. The first kappa shape index (κ1) is 21.9. The molecule has 1 aliphatic heterocycles. The Morgan fingerprint density at radius 3 is 2.69 bits per heavy atom. The molecule has 5 rings (SSSR count). The molecule has 3 aromatic heterocycles.